The molecule has 0 bridgehead atoms. The number of nitrogens with zero attached hydrogens (tertiary/aromatic N) is 5. The van der Waals surface area contributed by atoms with Gasteiger partial charge in [0.2, 0.25) is 5.89 Å². The van der Waals surface area contributed by atoms with Crippen LogP contribution in [0.5, 0.6) is 0 Å². The summed E-state index contributed by atoms with van der Waals surface area (Å²) in [6.45, 7) is 11.1. The van der Waals surface area contributed by atoms with E-state index in [-0.39, 0.29) is 6.04 Å². The van der Waals surface area contributed by atoms with Crippen LogP contribution >= 0.6 is 0 Å². The molecule has 7 nitrogen and oxygen atoms in total. The normalized spacial score (nSPS) is 21.3. The van der Waals surface area contributed by atoms with E-state index in [0.717, 1.165) is 55.9 Å². The molecular formula is C17H25N5O2. The summed E-state index contributed by atoms with van der Waals surface area (Å²) in [5, 5.41) is 8.18. The number of aryl methyl sites for hydroxylation is 2. The Bertz CT molecular complexity index is 678. The van der Waals surface area contributed by atoms with Crippen molar-refractivity contribution < 1.29 is 9.05 Å². The monoisotopic (exact) mass is 331 g/mol. The molecule has 2 aromatic heterocycles. The SMILES string of the molecule is Cc1noc(C)c1CN1CCN([C@@H](C)c2nc(C3CC3)no2)CC1. The van der Waals surface area contributed by atoms with Crippen LogP contribution in [-0.4, -0.2) is 51.3 Å². The minimum absolute atomic E-state index is 0.186. The molecule has 7 heteroatoms. The van der Waals surface area contributed by atoms with Crippen molar-refractivity contribution in [1.29, 1.82) is 0 Å². The quantitative estimate of drug-likeness (QED) is 0.833. The van der Waals surface area contributed by atoms with Crippen LogP contribution in [0.25, 0.3) is 0 Å². The Labute approximate surface area is 142 Å². The molecule has 1 aliphatic carbocycles. The van der Waals surface area contributed by atoms with E-state index in [0.29, 0.717) is 5.92 Å². The molecule has 3 heterocycles. The van der Waals surface area contributed by atoms with Crippen LogP contribution in [0.2, 0.25) is 0 Å². The molecule has 0 unspecified atom stereocenters. The smallest absolute Gasteiger partial charge is 0.243 e. The Morgan fingerprint density at radius 1 is 1.08 bits per heavy atom. The molecule has 24 heavy (non-hydrogen) atoms. The summed E-state index contributed by atoms with van der Waals surface area (Å²) in [4.78, 5) is 9.48. The van der Waals surface area contributed by atoms with Crippen molar-refractivity contribution in [3.8, 4) is 0 Å². The van der Waals surface area contributed by atoms with Crippen molar-refractivity contribution in [1.82, 2.24) is 25.1 Å². The fourth-order valence-electron chi connectivity index (χ4n) is 3.34. The van der Waals surface area contributed by atoms with Crippen LogP contribution in [-0.2, 0) is 6.54 Å². The molecule has 1 saturated carbocycles. The Balaban J connectivity index is 1.33. The second kappa shape index (κ2) is 6.29. The average molecular weight is 331 g/mol. The highest BCUT2D eigenvalue weighted by molar-refractivity contribution is 5.20. The maximum atomic E-state index is 5.49. The van der Waals surface area contributed by atoms with Crippen LogP contribution in [0, 0.1) is 13.8 Å². The molecule has 130 valence electrons. The molecule has 0 amide bonds. The standard InChI is InChI=1S/C17H25N5O2/c1-11-15(13(3)23-19-11)10-21-6-8-22(9-7-21)12(2)17-18-16(20-24-17)14-4-5-14/h12,14H,4-10H2,1-3H3/t12-/m0/s1. The summed E-state index contributed by atoms with van der Waals surface area (Å²) in [5.41, 5.74) is 2.23. The van der Waals surface area contributed by atoms with Crippen LogP contribution in [0.3, 0.4) is 0 Å². The third kappa shape index (κ3) is 3.10. The van der Waals surface area contributed by atoms with E-state index in [9.17, 15) is 0 Å². The lowest BCUT2D eigenvalue weighted by Crippen LogP contribution is -2.46. The van der Waals surface area contributed by atoms with Gasteiger partial charge < -0.3 is 9.05 Å². The topological polar surface area (TPSA) is 71.4 Å². The van der Waals surface area contributed by atoms with E-state index in [1.54, 1.807) is 0 Å². The second-order valence-electron chi connectivity index (χ2n) is 7.06. The van der Waals surface area contributed by atoms with E-state index < -0.39 is 0 Å². The summed E-state index contributed by atoms with van der Waals surface area (Å²) in [6, 6.07) is 0.186. The Hall–Kier alpha value is -1.73. The van der Waals surface area contributed by atoms with Crippen LogP contribution < -0.4 is 0 Å². The van der Waals surface area contributed by atoms with Gasteiger partial charge in [-0.05, 0) is 33.6 Å². The van der Waals surface area contributed by atoms with Gasteiger partial charge in [0.25, 0.3) is 0 Å². The molecule has 4 rings (SSSR count). The summed E-state index contributed by atoms with van der Waals surface area (Å²) in [7, 11) is 0. The molecule has 0 N–H and O–H groups in total. The van der Waals surface area contributed by atoms with Gasteiger partial charge in [-0.3, -0.25) is 9.80 Å². The van der Waals surface area contributed by atoms with Gasteiger partial charge in [-0.15, -0.1) is 0 Å². The average Bonchev–Trinajstić information content (AvgIpc) is 3.25. The maximum Gasteiger partial charge on any atom is 0.243 e. The molecular weight excluding hydrogens is 306 g/mol. The molecule has 2 aliphatic rings. The second-order valence-corrected chi connectivity index (χ2v) is 7.06. The minimum atomic E-state index is 0.186. The molecule has 0 spiro atoms. The largest absolute Gasteiger partial charge is 0.361 e. The third-order valence-electron chi connectivity index (χ3n) is 5.27. The molecule has 0 radical (unpaired) electrons. The van der Waals surface area contributed by atoms with E-state index in [1.165, 1.54) is 18.4 Å². The maximum absolute atomic E-state index is 5.49. The zero-order chi connectivity index (χ0) is 16.7. The van der Waals surface area contributed by atoms with Gasteiger partial charge in [-0.1, -0.05) is 10.3 Å². The molecule has 2 fully saturated rings. The fourth-order valence-corrected chi connectivity index (χ4v) is 3.34. The first-order valence-electron chi connectivity index (χ1n) is 8.83. The van der Waals surface area contributed by atoms with Crippen LogP contribution in [0.1, 0.15) is 60.5 Å². The Morgan fingerprint density at radius 3 is 2.46 bits per heavy atom. The summed E-state index contributed by atoms with van der Waals surface area (Å²) < 4.78 is 10.8. The van der Waals surface area contributed by atoms with Crippen LogP contribution in [0.4, 0.5) is 0 Å². The first-order chi connectivity index (χ1) is 11.6. The Kier molecular flexibility index (Phi) is 4.14. The Morgan fingerprint density at radius 2 is 1.83 bits per heavy atom. The zero-order valence-electron chi connectivity index (χ0n) is 14.7. The van der Waals surface area contributed by atoms with Crippen molar-refractivity contribution in [2.45, 2.75) is 52.1 Å². The zero-order valence-corrected chi connectivity index (χ0v) is 14.7. The van der Waals surface area contributed by atoms with E-state index in [1.807, 2.05) is 13.8 Å². The highest BCUT2D eigenvalue weighted by Crippen LogP contribution is 2.38. The van der Waals surface area contributed by atoms with Gasteiger partial charge in [0.05, 0.1) is 11.7 Å². The summed E-state index contributed by atoms with van der Waals surface area (Å²) in [5.74, 6) is 3.13. The van der Waals surface area contributed by atoms with Crippen molar-refractivity contribution >= 4 is 0 Å². The molecule has 1 aliphatic heterocycles. The highest BCUT2D eigenvalue weighted by Gasteiger charge is 2.31. The predicted octanol–water partition coefficient (Wildman–Crippen LogP) is 2.43. The van der Waals surface area contributed by atoms with E-state index in [2.05, 4.69) is 32.0 Å². The predicted molar refractivity (Wildman–Crippen MR) is 87.5 cm³/mol. The number of rotatable bonds is 5. The third-order valence-corrected chi connectivity index (χ3v) is 5.27. The lowest BCUT2D eigenvalue weighted by Gasteiger charge is -2.36. The molecule has 1 saturated heterocycles. The summed E-state index contributed by atoms with van der Waals surface area (Å²) >= 11 is 0. The van der Waals surface area contributed by atoms with Crippen LogP contribution in [0.15, 0.2) is 9.05 Å². The molecule has 1 atom stereocenters. The first kappa shape index (κ1) is 15.8. The first-order valence-corrected chi connectivity index (χ1v) is 8.83. The van der Waals surface area contributed by atoms with Gasteiger partial charge in [0.15, 0.2) is 5.82 Å². The number of piperazine rings is 1. The van der Waals surface area contributed by atoms with Crippen molar-refractivity contribution in [2.24, 2.45) is 0 Å². The summed E-state index contributed by atoms with van der Waals surface area (Å²) in [6.07, 6.45) is 2.40. The van der Waals surface area contributed by atoms with Gasteiger partial charge in [-0.25, -0.2) is 0 Å². The van der Waals surface area contributed by atoms with Crippen molar-refractivity contribution in [3.05, 3.63) is 28.7 Å². The van der Waals surface area contributed by atoms with Crippen molar-refractivity contribution in [2.75, 3.05) is 26.2 Å². The highest BCUT2D eigenvalue weighted by atomic mass is 16.5. The lowest BCUT2D eigenvalue weighted by molar-refractivity contribution is 0.0842. The van der Waals surface area contributed by atoms with E-state index >= 15 is 0 Å². The van der Waals surface area contributed by atoms with Gasteiger partial charge >= 0.3 is 0 Å². The number of aromatic nitrogens is 3. The van der Waals surface area contributed by atoms with E-state index in [4.69, 9.17) is 9.05 Å². The number of hydrogen-bond donors (Lipinski definition) is 0. The van der Waals surface area contributed by atoms with Gasteiger partial charge in [-0.2, -0.15) is 4.98 Å². The molecule has 2 aromatic rings. The molecule has 0 aromatic carbocycles. The lowest BCUT2D eigenvalue weighted by atomic mass is 10.1. The number of hydrogen-bond acceptors (Lipinski definition) is 7. The van der Waals surface area contributed by atoms with Gasteiger partial charge in [0.1, 0.15) is 5.76 Å². The fraction of sp³-hybridized carbons (Fsp3) is 0.706. The van der Waals surface area contributed by atoms with Crippen molar-refractivity contribution in [3.63, 3.8) is 0 Å². The minimum Gasteiger partial charge on any atom is -0.361 e. The van der Waals surface area contributed by atoms with Gasteiger partial charge in [0, 0.05) is 44.2 Å².